The monoisotopic (exact) mass is 598 g/mol. The number of carbonyl (C=O) groups is 1. The molecular formula is C35H38F4O4. The highest BCUT2D eigenvalue weighted by molar-refractivity contribution is 5.91. The van der Waals surface area contributed by atoms with Crippen molar-refractivity contribution in [2.75, 3.05) is 13.2 Å². The average Bonchev–Trinajstić information content (AvgIpc) is 3.02. The van der Waals surface area contributed by atoms with E-state index >= 15 is 0 Å². The van der Waals surface area contributed by atoms with E-state index < -0.39 is 40.6 Å². The minimum Gasteiger partial charge on any atom is -0.493 e. The van der Waals surface area contributed by atoms with Crippen LogP contribution >= 0.6 is 0 Å². The Kier molecular flexibility index (Phi) is 13.4. The second-order valence-electron chi connectivity index (χ2n) is 10.4. The first-order chi connectivity index (χ1) is 20.7. The zero-order valence-corrected chi connectivity index (χ0v) is 24.9. The maximum Gasteiger partial charge on any atom is 0.343 e. The van der Waals surface area contributed by atoms with Crippen LogP contribution in [0.5, 0.6) is 17.2 Å². The molecule has 0 aromatic heterocycles. The van der Waals surface area contributed by atoms with E-state index in [0.717, 1.165) is 44.9 Å². The first-order valence-electron chi connectivity index (χ1n) is 14.8. The van der Waals surface area contributed by atoms with Crippen LogP contribution in [0.3, 0.4) is 0 Å². The minimum atomic E-state index is -1.62. The van der Waals surface area contributed by atoms with Crippen molar-refractivity contribution in [2.24, 2.45) is 5.92 Å². The second-order valence-corrected chi connectivity index (χ2v) is 10.4. The normalized spacial score (nSPS) is 11.4. The summed E-state index contributed by atoms with van der Waals surface area (Å²) in [5, 5.41) is 0. The van der Waals surface area contributed by atoms with E-state index in [-0.39, 0.29) is 17.9 Å². The number of unbranched alkanes of at least 4 members (excludes halogenated alkanes) is 6. The van der Waals surface area contributed by atoms with Gasteiger partial charge < -0.3 is 14.2 Å². The standard InChI is InChI=1S/C35H38F4O4/c1-4-6-7-8-9-10-11-22-41-34-32(38)30(36)29(31(37)33(34)39)21-14-25-12-17-28(18-13-25)43-35(40)26-15-19-27(20-16-26)42-23-24(3)5-2/h12-13,15-20,24H,4-11,22-23H2,1-3H3/t24-/m0/s1. The first-order valence-corrected chi connectivity index (χ1v) is 14.8. The molecule has 0 fully saturated rings. The van der Waals surface area contributed by atoms with Crippen LogP contribution in [-0.2, 0) is 0 Å². The number of ether oxygens (including phenoxy) is 3. The number of hydrogen-bond donors (Lipinski definition) is 0. The van der Waals surface area contributed by atoms with E-state index in [1.54, 1.807) is 24.3 Å². The summed E-state index contributed by atoms with van der Waals surface area (Å²) in [7, 11) is 0. The highest BCUT2D eigenvalue weighted by Crippen LogP contribution is 2.30. The molecule has 0 saturated carbocycles. The van der Waals surface area contributed by atoms with Crippen LogP contribution in [0.15, 0.2) is 48.5 Å². The van der Waals surface area contributed by atoms with E-state index in [0.29, 0.717) is 30.3 Å². The van der Waals surface area contributed by atoms with Gasteiger partial charge in [-0.05, 0) is 60.9 Å². The van der Waals surface area contributed by atoms with E-state index in [4.69, 9.17) is 14.2 Å². The molecule has 0 aliphatic heterocycles. The molecule has 0 heterocycles. The molecule has 0 amide bonds. The zero-order valence-electron chi connectivity index (χ0n) is 24.9. The molecule has 4 nitrogen and oxygen atoms in total. The smallest absolute Gasteiger partial charge is 0.343 e. The van der Waals surface area contributed by atoms with Gasteiger partial charge in [0.25, 0.3) is 0 Å². The molecule has 0 spiro atoms. The number of carbonyl (C=O) groups excluding carboxylic acids is 1. The van der Waals surface area contributed by atoms with E-state index in [1.165, 1.54) is 24.3 Å². The van der Waals surface area contributed by atoms with Gasteiger partial charge in [0.2, 0.25) is 11.6 Å². The van der Waals surface area contributed by atoms with Gasteiger partial charge in [-0.2, -0.15) is 8.78 Å². The van der Waals surface area contributed by atoms with Gasteiger partial charge in [0, 0.05) is 5.56 Å². The highest BCUT2D eigenvalue weighted by Gasteiger charge is 2.26. The summed E-state index contributed by atoms with van der Waals surface area (Å²) in [6.07, 6.45) is 7.74. The third-order valence-electron chi connectivity index (χ3n) is 6.94. The number of halogens is 4. The molecule has 1 atom stereocenters. The molecular weight excluding hydrogens is 560 g/mol. The lowest BCUT2D eigenvalue weighted by atomic mass is 10.1. The Labute approximate surface area is 251 Å². The van der Waals surface area contributed by atoms with Crippen molar-refractivity contribution in [3.63, 3.8) is 0 Å². The topological polar surface area (TPSA) is 44.8 Å². The predicted octanol–water partition coefficient (Wildman–Crippen LogP) is 9.42. The fourth-order valence-corrected chi connectivity index (χ4v) is 4.03. The van der Waals surface area contributed by atoms with E-state index in [9.17, 15) is 22.4 Å². The molecule has 43 heavy (non-hydrogen) atoms. The van der Waals surface area contributed by atoms with Crippen molar-refractivity contribution in [3.05, 3.63) is 88.5 Å². The van der Waals surface area contributed by atoms with Crippen LogP contribution in [0.2, 0.25) is 0 Å². The predicted molar refractivity (Wildman–Crippen MR) is 159 cm³/mol. The molecule has 8 heteroatoms. The summed E-state index contributed by atoms with van der Waals surface area (Å²) < 4.78 is 74.4. The summed E-state index contributed by atoms with van der Waals surface area (Å²) in [4.78, 5) is 12.5. The Morgan fingerprint density at radius 2 is 1.30 bits per heavy atom. The lowest BCUT2D eigenvalue weighted by molar-refractivity contribution is 0.0734. The second kappa shape index (κ2) is 17.2. The number of benzene rings is 3. The molecule has 0 radical (unpaired) electrons. The van der Waals surface area contributed by atoms with Gasteiger partial charge in [-0.15, -0.1) is 0 Å². The third kappa shape index (κ3) is 10.1. The van der Waals surface area contributed by atoms with Crippen LogP contribution in [0.4, 0.5) is 17.6 Å². The average molecular weight is 599 g/mol. The molecule has 3 aromatic rings. The maximum absolute atomic E-state index is 14.6. The van der Waals surface area contributed by atoms with Gasteiger partial charge in [-0.3, -0.25) is 0 Å². The summed E-state index contributed by atoms with van der Waals surface area (Å²) in [6.45, 7) is 6.82. The molecule has 3 aromatic carbocycles. The van der Waals surface area contributed by atoms with Crippen molar-refractivity contribution in [1.29, 1.82) is 0 Å². The van der Waals surface area contributed by atoms with Gasteiger partial charge in [-0.25, -0.2) is 13.6 Å². The zero-order chi connectivity index (χ0) is 31.2. The lowest BCUT2D eigenvalue weighted by Crippen LogP contribution is -2.09. The van der Waals surface area contributed by atoms with Crippen LogP contribution in [0, 0.1) is 41.0 Å². The Bertz CT molecular complexity index is 1360. The van der Waals surface area contributed by atoms with Crippen molar-refractivity contribution in [3.8, 4) is 29.1 Å². The molecule has 0 unspecified atom stereocenters. The van der Waals surface area contributed by atoms with Gasteiger partial charge in [0.1, 0.15) is 17.1 Å². The van der Waals surface area contributed by atoms with Crippen LogP contribution < -0.4 is 14.2 Å². The van der Waals surface area contributed by atoms with Crippen molar-refractivity contribution < 1.29 is 36.6 Å². The third-order valence-corrected chi connectivity index (χ3v) is 6.94. The van der Waals surface area contributed by atoms with Crippen LogP contribution in [0.1, 0.15) is 93.6 Å². The Hall–Kier alpha value is -3.99. The fourth-order valence-electron chi connectivity index (χ4n) is 4.03. The number of hydrogen-bond acceptors (Lipinski definition) is 4. The summed E-state index contributed by atoms with van der Waals surface area (Å²) in [5.74, 6) is -2.22. The number of rotatable bonds is 15. The van der Waals surface area contributed by atoms with Crippen molar-refractivity contribution in [1.82, 2.24) is 0 Å². The highest BCUT2D eigenvalue weighted by atomic mass is 19.2. The number of esters is 1. The molecule has 230 valence electrons. The van der Waals surface area contributed by atoms with Gasteiger partial charge in [-0.1, -0.05) is 77.6 Å². The van der Waals surface area contributed by atoms with Gasteiger partial charge in [0.15, 0.2) is 17.4 Å². The molecule has 0 aliphatic carbocycles. The Morgan fingerprint density at radius 3 is 1.91 bits per heavy atom. The Morgan fingerprint density at radius 1 is 0.721 bits per heavy atom. The van der Waals surface area contributed by atoms with E-state index in [1.807, 2.05) is 0 Å². The molecule has 0 bridgehead atoms. The largest absolute Gasteiger partial charge is 0.493 e. The fraction of sp³-hybridized carbons (Fsp3) is 0.400. The van der Waals surface area contributed by atoms with Gasteiger partial charge in [0.05, 0.1) is 18.8 Å². The minimum absolute atomic E-state index is 0.0550. The summed E-state index contributed by atoms with van der Waals surface area (Å²) >= 11 is 0. The van der Waals surface area contributed by atoms with E-state index in [2.05, 4.69) is 32.6 Å². The molecule has 0 aliphatic rings. The van der Waals surface area contributed by atoms with Gasteiger partial charge >= 0.3 is 5.97 Å². The maximum atomic E-state index is 14.6. The van der Waals surface area contributed by atoms with Crippen LogP contribution in [-0.4, -0.2) is 19.2 Å². The molecule has 0 N–H and O–H groups in total. The SMILES string of the molecule is CCCCCCCCCOc1c(F)c(F)c(C#Cc2ccc(OC(=O)c3ccc(OC[C@@H](C)CC)cc3)cc2)c(F)c1F. The van der Waals surface area contributed by atoms with Crippen molar-refractivity contribution in [2.45, 2.75) is 72.1 Å². The summed E-state index contributed by atoms with van der Waals surface area (Å²) in [6, 6.07) is 12.4. The Balaban J connectivity index is 1.59. The summed E-state index contributed by atoms with van der Waals surface area (Å²) in [5.41, 5.74) is -0.434. The molecule has 0 saturated heterocycles. The van der Waals surface area contributed by atoms with Crippen molar-refractivity contribution >= 4 is 5.97 Å². The quantitative estimate of drug-likeness (QED) is 0.0437. The van der Waals surface area contributed by atoms with Crippen LogP contribution in [0.25, 0.3) is 0 Å². The molecule has 3 rings (SSSR count). The first kappa shape index (κ1) is 33.5. The lowest BCUT2D eigenvalue weighted by Gasteiger charge is -2.11.